The average Bonchev–Trinajstić information content (AvgIpc) is 2.26. The van der Waals surface area contributed by atoms with Crippen molar-refractivity contribution >= 4 is 5.97 Å². The first kappa shape index (κ1) is 14.0. The molecule has 0 aliphatic rings. The van der Waals surface area contributed by atoms with Gasteiger partial charge in [-0.05, 0) is 20.4 Å². The molecular weight excluding hydrogens is 192 g/mol. The summed E-state index contributed by atoms with van der Waals surface area (Å²) in [7, 11) is 3.46. The van der Waals surface area contributed by atoms with Gasteiger partial charge in [0.1, 0.15) is 0 Å². The second-order valence-corrected chi connectivity index (χ2v) is 3.55. The summed E-state index contributed by atoms with van der Waals surface area (Å²) in [5, 5.41) is 3.04. The Kier molecular flexibility index (Phi) is 7.72. The van der Waals surface area contributed by atoms with Crippen molar-refractivity contribution in [3.63, 3.8) is 0 Å². The Bertz CT molecular complexity index is 205. The molecule has 0 aromatic heterocycles. The smallest absolute Gasteiger partial charge is 0.331 e. The van der Waals surface area contributed by atoms with Gasteiger partial charge in [-0.1, -0.05) is 6.92 Å². The lowest BCUT2D eigenvalue weighted by Gasteiger charge is -2.23. The number of methoxy groups -OCH3 is 1. The van der Waals surface area contributed by atoms with Crippen molar-refractivity contribution in [3.8, 4) is 0 Å². The van der Waals surface area contributed by atoms with Gasteiger partial charge < -0.3 is 15.0 Å². The van der Waals surface area contributed by atoms with E-state index in [0.29, 0.717) is 6.04 Å². The van der Waals surface area contributed by atoms with E-state index in [2.05, 4.69) is 35.8 Å². The van der Waals surface area contributed by atoms with Crippen LogP contribution in [0.5, 0.6) is 0 Å². The molecular formula is C11H22N2O2. The van der Waals surface area contributed by atoms with E-state index in [9.17, 15) is 4.79 Å². The fourth-order valence-electron chi connectivity index (χ4n) is 1.05. The normalized spacial score (nSPS) is 13.1. The maximum Gasteiger partial charge on any atom is 0.331 e. The molecule has 0 aliphatic carbocycles. The SMILES string of the molecule is CCC(C)N(C)CCN/C=C/C(=O)OC. The molecule has 15 heavy (non-hydrogen) atoms. The van der Waals surface area contributed by atoms with Crippen molar-refractivity contribution in [2.45, 2.75) is 26.3 Å². The maximum atomic E-state index is 10.7. The summed E-state index contributed by atoms with van der Waals surface area (Å²) in [6, 6.07) is 0.594. The molecule has 4 nitrogen and oxygen atoms in total. The van der Waals surface area contributed by atoms with Crippen LogP contribution in [-0.2, 0) is 9.53 Å². The van der Waals surface area contributed by atoms with E-state index < -0.39 is 0 Å². The van der Waals surface area contributed by atoms with Crippen molar-refractivity contribution in [1.82, 2.24) is 10.2 Å². The van der Waals surface area contributed by atoms with Crippen LogP contribution in [0, 0.1) is 0 Å². The predicted octanol–water partition coefficient (Wildman–Crippen LogP) is 0.993. The van der Waals surface area contributed by atoms with Gasteiger partial charge in [0.2, 0.25) is 0 Å². The van der Waals surface area contributed by atoms with Crippen LogP contribution >= 0.6 is 0 Å². The van der Waals surface area contributed by atoms with Crippen LogP contribution < -0.4 is 5.32 Å². The van der Waals surface area contributed by atoms with Crippen LogP contribution in [-0.4, -0.2) is 44.2 Å². The summed E-state index contributed by atoms with van der Waals surface area (Å²) < 4.78 is 4.46. The van der Waals surface area contributed by atoms with E-state index in [0.717, 1.165) is 19.5 Å². The molecule has 0 aliphatic heterocycles. The number of carbonyl (C=O) groups excluding carboxylic acids is 1. The predicted molar refractivity (Wildman–Crippen MR) is 61.5 cm³/mol. The van der Waals surface area contributed by atoms with E-state index in [1.54, 1.807) is 6.20 Å². The molecule has 0 saturated carbocycles. The Morgan fingerprint density at radius 1 is 1.60 bits per heavy atom. The lowest BCUT2D eigenvalue weighted by Crippen LogP contribution is -2.33. The summed E-state index contributed by atoms with van der Waals surface area (Å²) in [4.78, 5) is 13.0. The third kappa shape index (κ3) is 6.96. The third-order valence-electron chi connectivity index (χ3n) is 2.49. The van der Waals surface area contributed by atoms with E-state index in [4.69, 9.17) is 0 Å². The van der Waals surface area contributed by atoms with Crippen LogP contribution in [0.15, 0.2) is 12.3 Å². The van der Waals surface area contributed by atoms with Gasteiger partial charge in [0.25, 0.3) is 0 Å². The van der Waals surface area contributed by atoms with Crippen LogP contribution in [0.1, 0.15) is 20.3 Å². The highest BCUT2D eigenvalue weighted by atomic mass is 16.5. The molecule has 0 amide bonds. The van der Waals surface area contributed by atoms with Crippen LogP contribution in [0.2, 0.25) is 0 Å². The number of hydrogen-bond donors (Lipinski definition) is 1. The lowest BCUT2D eigenvalue weighted by molar-refractivity contribution is -0.134. The molecule has 0 saturated heterocycles. The van der Waals surface area contributed by atoms with Crippen molar-refractivity contribution in [3.05, 3.63) is 12.3 Å². The van der Waals surface area contributed by atoms with E-state index in [1.807, 2.05) is 0 Å². The number of hydrogen-bond acceptors (Lipinski definition) is 4. The fourth-order valence-corrected chi connectivity index (χ4v) is 1.05. The second-order valence-electron chi connectivity index (χ2n) is 3.55. The molecule has 1 unspecified atom stereocenters. The quantitative estimate of drug-likeness (QED) is 0.390. The summed E-state index contributed by atoms with van der Waals surface area (Å²) in [6.07, 6.45) is 4.15. The zero-order chi connectivity index (χ0) is 11.7. The minimum Gasteiger partial charge on any atom is -0.466 e. The Hall–Kier alpha value is -1.03. The molecule has 0 radical (unpaired) electrons. The highest BCUT2D eigenvalue weighted by Crippen LogP contribution is 1.97. The summed E-state index contributed by atoms with van der Waals surface area (Å²) in [5.74, 6) is -0.335. The molecule has 4 heteroatoms. The zero-order valence-corrected chi connectivity index (χ0v) is 10.1. The Balaban J connectivity index is 3.54. The van der Waals surface area contributed by atoms with Crippen molar-refractivity contribution in [1.29, 1.82) is 0 Å². The minimum absolute atomic E-state index is 0.335. The first-order valence-electron chi connectivity index (χ1n) is 5.30. The topological polar surface area (TPSA) is 41.6 Å². The number of likely N-dealkylation sites (N-methyl/N-ethyl adjacent to an activating group) is 1. The lowest BCUT2D eigenvalue weighted by atomic mass is 10.2. The molecule has 1 N–H and O–H groups in total. The molecule has 0 heterocycles. The second kappa shape index (κ2) is 8.29. The molecule has 0 aromatic rings. The van der Waals surface area contributed by atoms with Gasteiger partial charge in [0, 0.05) is 31.4 Å². The Morgan fingerprint density at radius 2 is 2.27 bits per heavy atom. The Morgan fingerprint density at radius 3 is 2.80 bits per heavy atom. The first-order valence-corrected chi connectivity index (χ1v) is 5.30. The van der Waals surface area contributed by atoms with Crippen LogP contribution in [0.25, 0.3) is 0 Å². The fraction of sp³-hybridized carbons (Fsp3) is 0.727. The molecule has 0 spiro atoms. The highest BCUT2D eigenvalue weighted by molar-refractivity contribution is 5.81. The summed E-state index contributed by atoms with van der Waals surface area (Å²) >= 11 is 0. The van der Waals surface area contributed by atoms with E-state index >= 15 is 0 Å². The summed E-state index contributed by atoms with van der Waals surface area (Å²) in [5.41, 5.74) is 0. The largest absolute Gasteiger partial charge is 0.466 e. The van der Waals surface area contributed by atoms with Crippen LogP contribution in [0.3, 0.4) is 0 Å². The molecule has 0 rings (SSSR count). The third-order valence-corrected chi connectivity index (χ3v) is 2.49. The standard InChI is InChI=1S/C11H22N2O2/c1-5-10(2)13(3)9-8-12-7-6-11(14)15-4/h6-7,10,12H,5,8-9H2,1-4H3/b7-6+. The highest BCUT2D eigenvalue weighted by Gasteiger charge is 2.04. The van der Waals surface area contributed by atoms with Gasteiger partial charge in [-0.15, -0.1) is 0 Å². The number of rotatable bonds is 7. The average molecular weight is 214 g/mol. The molecule has 0 aromatic carbocycles. The summed E-state index contributed by atoms with van der Waals surface area (Å²) in [6.45, 7) is 6.16. The van der Waals surface area contributed by atoms with Crippen molar-refractivity contribution < 1.29 is 9.53 Å². The van der Waals surface area contributed by atoms with E-state index in [1.165, 1.54) is 13.2 Å². The van der Waals surface area contributed by atoms with E-state index in [-0.39, 0.29) is 5.97 Å². The van der Waals surface area contributed by atoms with Crippen molar-refractivity contribution in [2.24, 2.45) is 0 Å². The van der Waals surface area contributed by atoms with Gasteiger partial charge in [0.05, 0.1) is 7.11 Å². The number of nitrogens with one attached hydrogen (secondary N) is 1. The van der Waals surface area contributed by atoms with Crippen LogP contribution in [0.4, 0.5) is 0 Å². The number of nitrogens with zero attached hydrogens (tertiary/aromatic N) is 1. The molecule has 0 bridgehead atoms. The maximum absolute atomic E-state index is 10.7. The van der Waals surface area contributed by atoms with Gasteiger partial charge in [-0.25, -0.2) is 4.79 Å². The molecule has 1 atom stereocenters. The van der Waals surface area contributed by atoms with Gasteiger partial charge in [0.15, 0.2) is 0 Å². The number of ether oxygens (including phenoxy) is 1. The number of carbonyl (C=O) groups is 1. The Labute approximate surface area is 92.3 Å². The monoisotopic (exact) mass is 214 g/mol. The molecule has 88 valence electrons. The molecule has 0 fully saturated rings. The number of esters is 1. The first-order chi connectivity index (χ1) is 7.11. The zero-order valence-electron chi connectivity index (χ0n) is 10.1. The minimum atomic E-state index is -0.335. The van der Waals surface area contributed by atoms with Crippen molar-refractivity contribution in [2.75, 3.05) is 27.2 Å². The van der Waals surface area contributed by atoms with Gasteiger partial charge >= 0.3 is 5.97 Å². The van der Waals surface area contributed by atoms with Gasteiger partial charge in [-0.3, -0.25) is 0 Å². The van der Waals surface area contributed by atoms with Gasteiger partial charge in [-0.2, -0.15) is 0 Å².